The molecule has 62 valence electrons. The third-order valence-electron chi connectivity index (χ3n) is 2.57. The minimum absolute atomic E-state index is 0.507. The molecule has 3 atom stereocenters. The van der Waals surface area contributed by atoms with Crippen molar-refractivity contribution < 1.29 is 4.74 Å². The monoisotopic (exact) mass is 172 g/mol. The fourth-order valence-electron chi connectivity index (χ4n) is 1.93. The summed E-state index contributed by atoms with van der Waals surface area (Å²) < 4.78 is 5.57. The lowest BCUT2D eigenvalue weighted by Crippen LogP contribution is -2.00. The van der Waals surface area contributed by atoms with Crippen LogP contribution in [0.4, 0.5) is 0 Å². The molecule has 11 heavy (non-hydrogen) atoms. The first kappa shape index (κ1) is 7.63. The van der Waals surface area contributed by atoms with Crippen LogP contribution in [0.3, 0.4) is 0 Å². The first-order chi connectivity index (χ1) is 5.43. The SMILES string of the molecule is ClCCOC1C2C=CCCC21. The average molecular weight is 173 g/mol. The third-order valence-corrected chi connectivity index (χ3v) is 2.72. The minimum atomic E-state index is 0.507. The minimum Gasteiger partial charge on any atom is -0.376 e. The summed E-state index contributed by atoms with van der Waals surface area (Å²) >= 11 is 5.53. The summed E-state index contributed by atoms with van der Waals surface area (Å²) in [6, 6.07) is 0. The van der Waals surface area contributed by atoms with Crippen molar-refractivity contribution in [2.24, 2.45) is 11.8 Å². The summed E-state index contributed by atoms with van der Waals surface area (Å²) in [5, 5.41) is 0. The molecular weight excluding hydrogens is 160 g/mol. The predicted molar refractivity (Wildman–Crippen MR) is 45.8 cm³/mol. The Morgan fingerprint density at radius 1 is 1.55 bits per heavy atom. The molecule has 2 aliphatic carbocycles. The maximum Gasteiger partial charge on any atom is 0.0676 e. The van der Waals surface area contributed by atoms with Crippen molar-refractivity contribution in [2.45, 2.75) is 18.9 Å². The molecule has 1 saturated carbocycles. The van der Waals surface area contributed by atoms with Gasteiger partial charge in [0.25, 0.3) is 0 Å². The lowest BCUT2D eigenvalue weighted by molar-refractivity contribution is 0.118. The van der Waals surface area contributed by atoms with Gasteiger partial charge in [0.1, 0.15) is 0 Å². The van der Waals surface area contributed by atoms with Crippen molar-refractivity contribution in [3.8, 4) is 0 Å². The molecule has 1 fully saturated rings. The number of ether oxygens (including phenoxy) is 1. The molecule has 0 aromatic heterocycles. The van der Waals surface area contributed by atoms with Crippen LogP contribution in [0.2, 0.25) is 0 Å². The second kappa shape index (κ2) is 3.16. The molecule has 0 bridgehead atoms. The molecule has 0 heterocycles. The van der Waals surface area contributed by atoms with Crippen LogP contribution >= 0.6 is 11.6 Å². The fourth-order valence-corrected chi connectivity index (χ4v) is 2.02. The maximum absolute atomic E-state index is 5.57. The molecule has 0 amide bonds. The average Bonchev–Trinajstić information content (AvgIpc) is 2.75. The highest BCUT2D eigenvalue weighted by Crippen LogP contribution is 2.48. The summed E-state index contributed by atoms with van der Waals surface area (Å²) in [7, 11) is 0. The van der Waals surface area contributed by atoms with Gasteiger partial charge in [0, 0.05) is 11.8 Å². The van der Waals surface area contributed by atoms with Crippen LogP contribution in [-0.4, -0.2) is 18.6 Å². The zero-order chi connectivity index (χ0) is 7.68. The Kier molecular flexibility index (Phi) is 2.19. The van der Waals surface area contributed by atoms with Crippen molar-refractivity contribution in [3.63, 3.8) is 0 Å². The van der Waals surface area contributed by atoms with Gasteiger partial charge in [0.15, 0.2) is 0 Å². The van der Waals surface area contributed by atoms with Gasteiger partial charge in [0.05, 0.1) is 12.7 Å². The van der Waals surface area contributed by atoms with Gasteiger partial charge in [0.2, 0.25) is 0 Å². The zero-order valence-electron chi connectivity index (χ0n) is 6.50. The van der Waals surface area contributed by atoms with Crippen LogP contribution in [0.25, 0.3) is 0 Å². The Bertz CT molecular complexity index is 167. The topological polar surface area (TPSA) is 9.23 Å². The van der Waals surface area contributed by atoms with Crippen LogP contribution in [0, 0.1) is 11.8 Å². The smallest absolute Gasteiger partial charge is 0.0676 e. The Morgan fingerprint density at radius 2 is 2.45 bits per heavy atom. The van der Waals surface area contributed by atoms with Crippen molar-refractivity contribution in [1.29, 1.82) is 0 Å². The van der Waals surface area contributed by atoms with Gasteiger partial charge in [-0.2, -0.15) is 0 Å². The Labute approximate surface area is 72.4 Å². The third kappa shape index (κ3) is 1.45. The van der Waals surface area contributed by atoms with E-state index in [1.54, 1.807) is 0 Å². The standard InChI is InChI=1S/C9H13ClO/c10-5-6-11-9-7-3-1-2-4-8(7)9/h1,3,7-9H,2,4-6H2. The van der Waals surface area contributed by atoms with E-state index in [0.717, 1.165) is 11.8 Å². The molecule has 2 rings (SSSR count). The number of rotatable bonds is 3. The summed E-state index contributed by atoms with van der Waals surface area (Å²) in [6.45, 7) is 0.715. The van der Waals surface area contributed by atoms with E-state index in [4.69, 9.17) is 16.3 Å². The van der Waals surface area contributed by atoms with Crippen LogP contribution in [-0.2, 0) is 4.74 Å². The second-order valence-corrected chi connectivity index (χ2v) is 3.65. The number of halogens is 1. The second-order valence-electron chi connectivity index (χ2n) is 3.27. The molecular formula is C9H13ClO. The molecule has 0 radical (unpaired) electrons. The van der Waals surface area contributed by atoms with E-state index in [-0.39, 0.29) is 0 Å². The van der Waals surface area contributed by atoms with Gasteiger partial charge in [-0.15, -0.1) is 11.6 Å². The van der Waals surface area contributed by atoms with Gasteiger partial charge in [-0.25, -0.2) is 0 Å². The molecule has 0 aliphatic heterocycles. The van der Waals surface area contributed by atoms with E-state index in [9.17, 15) is 0 Å². The normalized spacial score (nSPS) is 40.3. The van der Waals surface area contributed by atoms with Gasteiger partial charge < -0.3 is 4.74 Å². The van der Waals surface area contributed by atoms with Gasteiger partial charge in [-0.3, -0.25) is 0 Å². The number of alkyl halides is 1. The molecule has 0 saturated heterocycles. The highest BCUT2D eigenvalue weighted by atomic mass is 35.5. The Balaban J connectivity index is 1.78. The first-order valence-corrected chi connectivity index (χ1v) is 4.81. The van der Waals surface area contributed by atoms with Crippen LogP contribution < -0.4 is 0 Å². The van der Waals surface area contributed by atoms with E-state index in [1.807, 2.05) is 0 Å². The highest BCUT2D eigenvalue weighted by molar-refractivity contribution is 6.17. The Morgan fingerprint density at radius 3 is 3.09 bits per heavy atom. The van der Waals surface area contributed by atoms with E-state index in [1.165, 1.54) is 12.8 Å². The summed E-state index contributed by atoms with van der Waals surface area (Å²) in [5.74, 6) is 2.18. The van der Waals surface area contributed by atoms with E-state index < -0.39 is 0 Å². The van der Waals surface area contributed by atoms with Crippen molar-refractivity contribution >= 4 is 11.6 Å². The number of allylic oxidation sites excluding steroid dienone is 1. The number of hydrogen-bond acceptors (Lipinski definition) is 1. The fraction of sp³-hybridized carbons (Fsp3) is 0.778. The molecule has 0 N–H and O–H groups in total. The van der Waals surface area contributed by atoms with Gasteiger partial charge >= 0.3 is 0 Å². The number of hydrogen-bond donors (Lipinski definition) is 0. The van der Waals surface area contributed by atoms with Crippen LogP contribution in [0.5, 0.6) is 0 Å². The lowest BCUT2D eigenvalue weighted by Gasteiger charge is -1.98. The summed E-state index contributed by atoms with van der Waals surface area (Å²) in [5.41, 5.74) is 0. The van der Waals surface area contributed by atoms with Crippen molar-refractivity contribution in [1.82, 2.24) is 0 Å². The molecule has 0 aromatic carbocycles. The number of fused-ring (bicyclic) bond motifs is 1. The van der Waals surface area contributed by atoms with Crippen LogP contribution in [0.15, 0.2) is 12.2 Å². The molecule has 2 heteroatoms. The van der Waals surface area contributed by atoms with E-state index in [0.29, 0.717) is 18.6 Å². The highest BCUT2D eigenvalue weighted by Gasteiger charge is 2.49. The van der Waals surface area contributed by atoms with E-state index in [2.05, 4.69) is 12.2 Å². The maximum atomic E-state index is 5.57. The van der Waals surface area contributed by atoms with Crippen LogP contribution in [0.1, 0.15) is 12.8 Å². The first-order valence-electron chi connectivity index (χ1n) is 4.27. The molecule has 1 nitrogen and oxygen atoms in total. The van der Waals surface area contributed by atoms with Gasteiger partial charge in [-0.1, -0.05) is 12.2 Å². The van der Waals surface area contributed by atoms with Crippen molar-refractivity contribution in [2.75, 3.05) is 12.5 Å². The summed E-state index contributed by atoms with van der Waals surface area (Å²) in [6.07, 6.45) is 7.63. The largest absolute Gasteiger partial charge is 0.376 e. The molecule has 2 aliphatic rings. The quantitative estimate of drug-likeness (QED) is 0.469. The van der Waals surface area contributed by atoms with E-state index >= 15 is 0 Å². The predicted octanol–water partition coefficient (Wildman–Crippen LogP) is 2.21. The van der Waals surface area contributed by atoms with Crippen molar-refractivity contribution in [3.05, 3.63) is 12.2 Å². The Hall–Kier alpha value is -0.0100. The van der Waals surface area contributed by atoms with Gasteiger partial charge in [-0.05, 0) is 18.8 Å². The molecule has 3 unspecified atom stereocenters. The zero-order valence-corrected chi connectivity index (χ0v) is 7.26. The lowest BCUT2D eigenvalue weighted by atomic mass is 10.1. The summed E-state index contributed by atoms with van der Waals surface area (Å²) in [4.78, 5) is 0. The molecule has 0 aromatic rings. The molecule has 0 spiro atoms.